The Labute approximate surface area is 131 Å². The highest BCUT2D eigenvalue weighted by molar-refractivity contribution is 9.09. The molecule has 3 aromatic rings. The number of halogens is 1. The summed E-state index contributed by atoms with van der Waals surface area (Å²) in [7, 11) is 0. The molecule has 0 aliphatic rings. The van der Waals surface area contributed by atoms with Gasteiger partial charge < -0.3 is 0 Å². The molecular formula is C17H16BrNS. The van der Waals surface area contributed by atoms with Crippen LogP contribution in [0, 0.1) is 13.8 Å². The Morgan fingerprint density at radius 3 is 2.55 bits per heavy atom. The van der Waals surface area contributed by atoms with Gasteiger partial charge in [-0.15, -0.1) is 11.3 Å². The van der Waals surface area contributed by atoms with Gasteiger partial charge in [-0.2, -0.15) is 0 Å². The van der Waals surface area contributed by atoms with Crippen LogP contribution in [0.25, 0.3) is 10.8 Å². The van der Waals surface area contributed by atoms with E-state index in [9.17, 15) is 0 Å². The standard InChI is InChI=1S/C17H16BrNS/c1-11-17(20-12(2)19-11)16(18)10-13-7-8-14-5-3-4-6-15(14)9-13/h3-9,16H,10H2,1-2H3. The van der Waals surface area contributed by atoms with Crippen LogP contribution >= 0.6 is 27.3 Å². The van der Waals surface area contributed by atoms with Gasteiger partial charge in [-0.3, -0.25) is 0 Å². The third-order valence-corrected chi connectivity index (χ3v) is 5.72. The lowest BCUT2D eigenvalue weighted by atomic mass is 10.0. The Balaban J connectivity index is 1.87. The van der Waals surface area contributed by atoms with Crippen LogP contribution in [0.4, 0.5) is 0 Å². The molecule has 0 spiro atoms. The minimum absolute atomic E-state index is 0.342. The molecule has 3 rings (SSSR count). The van der Waals surface area contributed by atoms with Crippen LogP contribution in [0.5, 0.6) is 0 Å². The van der Waals surface area contributed by atoms with Crippen molar-refractivity contribution in [3.05, 3.63) is 63.6 Å². The van der Waals surface area contributed by atoms with Gasteiger partial charge in [0.2, 0.25) is 0 Å². The molecule has 0 N–H and O–H groups in total. The highest BCUT2D eigenvalue weighted by atomic mass is 79.9. The third-order valence-electron chi connectivity index (χ3n) is 3.45. The molecule has 1 atom stereocenters. The molecule has 0 aliphatic heterocycles. The van der Waals surface area contributed by atoms with Crippen LogP contribution < -0.4 is 0 Å². The van der Waals surface area contributed by atoms with Crippen LogP contribution in [0.1, 0.15) is 26.0 Å². The van der Waals surface area contributed by atoms with Crippen LogP contribution in [-0.2, 0) is 6.42 Å². The molecule has 20 heavy (non-hydrogen) atoms. The summed E-state index contributed by atoms with van der Waals surface area (Å²) in [6.45, 7) is 4.16. The number of aromatic nitrogens is 1. The summed E-state index contributed by atoms with van der Waals surface area (Å²) < 4.78 is 0. The van der Waals surface area contributed by atoms with Crippen molar-refractivity contribution in [2.24, 2.45) is 0 Å². The smallest absolute Gasteiger partial charge is 0.0900 e. The predicted molar refractivity (Wildman–Crippen MR) is 90.9 cm³/mol. The van der Waals surface area contributed by atoms with E-state index < -0.39 is 0 Å². The maximum atomic E-state index is 4.51. The van der Waals surface area contributed by atoms with Crippen molar-refractivity contribution in [3.8, 4) is 0 Å². The van der Waals surface area contributed by atoms with Crippen molar-refractivity contribution in [2.45, 2.75) is 25.1 Å². The molecule has 0 amide bonds. The largest absolute Gasteiger partial charge is 0.247 e. The minimum atomic E-state index is 0.342. The van der Waals surface area contributed by atoms with Gasteiger partial charge in [0.25, 0.3) is 0 Å². The Morgan fingerprint density at radius 1 is 1.10 bits per heavy atom. The number of hydrogen-bond acceptors (Lipinski definition) is 2. The van der Waals surface area contributed by atoms with Crippen molar-refractivity contribution in [3.63, 3.8) is 0 Å². The number of aryl methyl sites for hydroxylation is 2. The fraction of sp³-hybridized carbons (Fsp3) is 0.235. The molecule has 102 valence electrons. The predicted octanol–water partition coefficient (Wildman–Crippen LogP) is 5.59. The lowest BCUT2D eigenvalue weighted by Crippen LogP contribution is -1.95. The second-order valence-electron chi connectivity index (χ2n) is 5.04. The first-order chi connectivity index (χ1) is 9.63. The summed E-state index contributed by atoms with van der Waals surface area (Å²) in [5.41, 5.74) is 2.51. The normalized spacial score (nSPS) is 12.8. The summed E-state index contributed by atoms with van der Waals surface area (Å²) in [4.78, 5) is 6.20. The second-order valence-corrected chi connectivity index (χ2v) is 7.38. The van der Waals surface area contributed by atoms with Crippen molar-refractivity contribution in [1.82, 2.24) is 4.98 Å². The second kappa shape index (κ2) is 5.66. The van der Waals surface area contributed by atoms with E-state index in [4.69, 9.17) is 0 Å². The fourth-order valence-electron chi connectivity index (χ4n) is 2.50. The topological polar surface area (TPSA) is 12.9 Å². The molecule has 0 saturated carbocycles. The molecule has 1 nitrogen and oxygen atoms in total. The van der Waals surface area contributed by atoms with Gasteiger partial charge in [0.05, 0.1) is 15.5 Å². The third kappa shape index (κ3) is 2.79. The van der Waals surface area contributed by atoms with Crippen LogP contribution in [0.3, 0.4) is 0 Å². The summed E-state index contributed by atoms with van der Waals surface area (Å²) in [6.07, 6.45) is 0.993. The number of nitrogens with zero attached hydrogens (tertiary/aromatic N) is 1. The van der Waals surface area contributed by atoms with Gasteiger partial charge in [-0.05, 0) is 36.6 Å². The highest BCUT2D eigenvalue weighted by Gasteiger charge is 2.15. The van der Waals surface area contributed by atoms with Gasteiger partial charge in [-0.25, -0.2) is 4.98 Å². The quantitative estimate of drug-likeness (QED) is 0.563. The van der Waals surface area contributed by atoms with Crippen molar-refractivity contribution in [1.29, 1.82) is 0 Å². The zero-order valence-corrected chi connectivity index (χ0v) is 14.0. The van der Waals surface area contributed by atoms with E-state index in [0.29, 0.717) is 4.83 Å². The molecule has 0 aliphatic carbocycles. The maximum Gasteiger partial charge on any atom is 0.0900 e. The number of thiazole rings is 1. The SMILES string of the molecule is Cc1nc(C)c(C(Br)Cc2ccc3ccccc3c2)s1. The first kappa shape index (κ1) is 13.8. The molecule has 1 unspecified atom stereocenters. The van der Waals surface area contributed by atoms with Crippen LogP contribution in [-0.4, -0.2) is 4.98 Å². The number of rotatable bonds is 3. The van der Waals surface area contributed by atoms with E-state index in [1.54, 1.807) is 11.3 Å². The Hall–Kier alpha value is -1.19. The van der Waals surface area contributed by atoms with Crippen LogP contribution in [0.15, 0.2) is 42.5 Å². The lowest BCUT2D eigenvalue weighted by molar-refractivity contribution is 0.952. The van der Waals surface area contributed by atoms with Gasteiger partial charge in [0.15, 0.2) is 0 Å². The molecule has 1 heterocycles. The first-order valence-electron chi connectivity index (χ1n) is 6.69. The monoisotopic (exact) mass is 345 g/mol. The first-order valence-corrected chi connectivity index (χ1v) is 8.42. The number of benzene rings is 2. The zero-order chi connectivity index (χ0) is 14.1. The summed E-state index contributed by atoms with van der Waals surface area (Å²) in [5, 5.41) is 3.74. The molecule has 2 aromatic carbocycles. The average molecular weight is 346 g/mol. The molecule has 0 saturated heterocycles. The van der Waals surface area contributed by atoms with Gasteiger partial charge in [0, 0.05) is 4.88 Å². The number of fused-ring (bicyclic) bond motifs is 1. The zero-order valence-electron chi connectivity index (χ0n) is 11.6. The van der Waals surface area contributed by atoms with E-state index in [0.717, 1.165) is 17.1 Å². The summed E-state index contributed by atoms with van der Waals surface area (Å²) >= 11 is 5.61. The molecule has 3 heteroatoms. The number of alkyl halides is 1. The van der Waals surface area contributed by atoms with Gasteiger partial charge >= 0.3 is 0 Å². The molecule has 1 aromatic heterocycles. The van der Waals surface area contributed by atoms with Crippen LogP contribution in [0.2, 0.25) is 0 Å². The minimum Gasteiger partial charge on any atom is -0.247 e. The molecule has 0 radical (unpaired) electrons. The molecule has 0 fully saturated rings. The van der Waals surface area contributed by atoms with E-state index in [-0.39, 0.29) is 0 Å². The molecule has 0 bridgehead atoms. The Kier molecular flexibility index (Phi) is 3.90. The highest BCUT2D eigenvalue weighted by Crippen LogP contribution is 2.34. The molecular weight excluding hydrogens is 330 g/mol. The lowest BCUT2D eigenvalue weighted by Gasteiger charge is -2.09. The van der Waals surface area contributed by atoms with Crippen molar-refractivity contribution in [2.75, 3.05) is 0 Å². The summed E-state index contributed by atoms with van der Waals surface area (Å²) in [6, 6.07) is 15.2. The van der Waals surface area contributed by atoms with E-state index in [1.165, 1.54) is 21.2 Å². The van der Waals surface area contributed by atoms with E-state index >= 15 is 0 Å². The summed E-state index contributed by atoms with van der Waals surface area (Å²) in [5.74, 6) is 0. The Morgan fingerprint density at radius 2 is 1.85 bits per heavy atom. The fourth-order valence-corrected chi connectivity index (χ4v) is 4.39. The van der Waals surface area contributed by atoms with Crippen molar-refractivity contribution >= 4 is 38.0 Å². The number of hydrogen-bond donors (Lipinski definition) is 0. The Bertz CT molecular complexity index is 748. The van der Waals surface area contributed by atoms with Crippen molar-refractivity contribution < 1.29 is 0 Å². The van der Waals surface area contributed by atoms with Gasteiger partial charge in [0.1, 0.15) is 0 Å². The van der Waals surface area contributed by atoms with Gasteiger partial charge in [-0.1, -0.05) is 58.4 Å². The maximum absolute atomic E-state index is 4.51. The van der Waals surface area contributed by atoms with E-state index in [2.05, 4.69) is 77.2 Å². The van der Waals surface area contributed by atoms with E-state index in [1.807, 2.05) is 0 Å². The average Bonchev–Trinajstić information content (AvgIpc) is 2.78.